The molecule has 4 aliphatic carbocycles. The average Bonchev–Trinajstić information content (AvgIpc) is 3.69. The molecule has 0 aromatic heterocycles. The van der Waals surface area contributed by atoms with Crippen molar-refractivity contribution in [2.24, 2.45) is 52.3 Å². The lowest BCUT2D eigenvalue weighted by molar-refractivity contribution is -0.391. The molecule has 4 saturated carbocycles. The van der Waals surface area contributed by atoms with Gasteiger partial charge >= 0.3 is 0 Å². The Hall–Kier alpha value is -0.680. The molecule has 356 valence electrons. The third-order valence-corrected chi connectivity index (χ3v) is 18.2. The number of fused-ring (bicyclic) bond motifs is 7. The van der Waals surface area contributed by atoms with E-state index in [1.807, 2.05) is 0 Å². The van der Waals surface area contributed by atoms with Gasteiger partial charge in [0.05, 0.1) is 43.7 Å². The van der Waals surface area contributed by atoms with Crippen molar-refractivity contribution >= 4 is 0 Å². The quantitative estimate of drug-likeness (QED) is 0.156. The second-order valence-corrected chi connectivity index (χ2v) is 21.6. The molecule has 0 radical (unpaired) electrons. The Morgan fingerprint density at radius 3 is 1.87 bits per heavy atom. The Balaban J connectivity index is 0.915. The van der Waals surface area contributed by atoms with Crippen LogP contribution in [0.15, 0.2) is 0 Å². The summed E-state index contributed by atoms with van der Waals surface area (Å²) >= 11 is 0. The molecule has 0 aromatic rings. The van der Waals surface area contributed by atoms with Crippen molar-refractivity contribution < 1.29 is 83.9 Å². The van der Waals surface area contributed by atoms with Crippen molar-refractivity contribution in [1.29, 1.82) is 0 Å². The molecule has 9 N–H and O–H groups in total. The lowest BCUT2D eigenvalue weighted by atomic mass is 9.44. The fourth-order valence-electron chi connectivity index (χ4n) is 14.6. The van der Waals surface area contributed by atoms with Gasteiger partial charge in [-0.3, -0.25) is 0 Å². The van der Waals surface area contributed by atoms with Crippen LogP contribution in [0.1, 0.15) is 99.3 Å². The molecule has 9 fully saturated rings. The molecule has 0 aromatic carbocycles. The molecule has 0 bridgehead atoms. The molecule has 28 atom stereocenters. The van der Waals surface area contributed by atoms with Gasteiger partial charge in [0.2, 0.25) is 0 Å². The van der Waals surface area contributed by atoms with Gasteiger partial charge in [-0.1, -0.05) is 27.7 Å². The first kappa shape index (κ1) is 46.4. The summed E-state index contributed by atoms with van der Waals surface area (Å²) in [7, 11) is 0. The molecular weight excluding hydrogens is 812 g/mol. The Kier molecular flexibility index (Phi) is 12.8. The van der Waals surface area contributed by atoms with Gasteiger partial charge in [-0.05, 0) is 112 Å². The first-order chi connectivity index (χ1) is 29.3. The van der Waals surface area contributed by atoms with Crippen molar-refractivity contribution in [2.45, 2.75) is 216 Å². The SMILES string of the molecule is C[C@@H]1CC[C@@]2(OC1)O[C@H]1C[C@H]3[C@@H]4CC[C@H]5C[C@@H](O[C@@H]6O[C@H](CO)[C@@H](O[C@H]7O[C@H](C)[C@@H](O)[C@H](O)[C@@H]7O)[C@H](O)[C@H]6O[C@H]6O[C@H](C)[C@@H](O)[C@H](O)[C@@H]6O)[C@H](O)C[C@]5(C)[C@H]4CC[C@]3(C)[C@H]1[C@@H]2C. The highest BCUT2D eigenvalue weighted by Crippen LogP contribution is 2.71. The minimum atomic E-state index is -1.75. The minimum absolute atomic E-state index is 0.157. The van der Waals surface area contributed by atoms with Gasteiger partial charge in [0, 0.05) is 12.3 Å². The van der Waals surface area contributed by atoms with Gasteiger partial charge in [0.15, 0.2) is 24.7 Å². The first-order valence-electron chi connectivity index (χ1n) is 23.6. The maximum Gasteiger partial charge on any atom is 0.187 e. The van der Waals surface area contributed by atoms with E-state index in [9.17, 15) is 46.0 Å². The molecule has 17 heteroatoms. The van der Waals surface area contributed by atoms with Crippen LogP contribution in [0, 0.1) is 52.3 Å². The van der Waals surface area contributed by atoms with E-state index in [0.29, 0.717) is 48.3 Å². The summed E-state index contributed by atoms with van der Waals surface area (Å²) in [6, 6.07) is 0. The van der Waals surface area contributed by atoms with Crippen LogP contribution in [0.2, 0.25) is 0 Å². The fourth-order valence-corrected chi connectivity index (χ4v) is 14.6. The number of aliphatic hydroxyl groups excluding tert-OH is 9. The predicted molar refractivity (Wildman–Crippen MR) is 214 cm³/mol. The molecule has 62 heavy (non-hydrogen) atoms. The molecule has 0 unspecified atom stereocenters. The zero-order valence-corrected chi connectivity index (χ0v) is 37.0. The average molecular weight is 887 g/mol. The molecule has 17 nitrogen and oxygen atoms in total. The van der Waals surface area contributed by atoms with Gasteiger partial charge in [-0.15, -0.1) is 0 Å². The normalized spacial score (nSPS) is 60.1. The Morgan fingerprint density at radius 1 is 0.613 bits per heavy atom. The van der Waals surface area contributed by atoms with Crippen LogP contribution < -0.4 is 0 Å². The molecule has 9 aliphatic rings. The van der Waals surface area contributed by atoms with Crippen LogP contribution in [0.3, 0.4) is 0 Å². The fraction of sp³-hybridized carbons (Fsp3) is 1.00. The second-order valence-electron chi connectivity index (χ2n) is 21.6. The maximum absolute atomic E-state index is 12.1. The van der Waals surface area contributed by atoms with Gasteiger partial charge in [0.25, 0.3) is 0 Å². The molecule has 5 heterocycles. The predicted octanol–water partition coefficient (Wildman–Crippen LogP) is 0.292. The van der Waals surface area contributed by atoms with Crippen molar-refractivity contribution in [3.63, 3.8) is 0 Å². The molecular formula is C45H74O17. The zero-order valence-electron chi connectivity index (χ0n) is 37.0. The molecule has 5 aliphatic heterocycles. The largest absolute Gasteiger partial charge is 0.394 e. The smallest absolute Gasteiger partial charge is 0.187 e. The maximum atomic E-state index is 12.1. The number of hydrogen-bond donors (Lipinski definition) is 9. The highest BCUT2D eigenvalue weighted by molar-refractivity contribution is 5.16. The molecule has 9 rings (SSSR count). The summed E-state index contributed by atoms with van der Waals surface area (Å²) in [5.41, 5.74) is 0.000556. The number of hydrogen-bond acceptors (Lipinski definition) is 17. The third kappa shape index (κ3) is 7.47. The van der Waals surface area contributed by atoms with E-state index >= 15 is 0 Å². The van der Waals surface area contributed by atoms with E-state index in [0.717, 1.165) is 51.6 Å². The second kappa shape index (κ2) is 17.1. The van der Waals surface area contributed by atoms with Crippen LogP contribution >= 0.6 is 0 Å². The van der Waals surface area contributed by atoms with Crippen LogP contribution in [0.5, 0.6) is 0 Å². The summed E-state index contributed by atoms with van der Waals surface area (Å²) in [5, 5.41) is 98.0. The van der Waals surface area contributed by atoms with Crippen LogP contribution in [-0.2, 0) is 37.9 Å². The first-order valence-corrected chi connectivity index (χ1v) is 23.6. The van der Waals surface area contributed by atoms with E-state index in [-0.39, 0.29) is 22.9 Å². The Labute approximate surface area is 364 Å². The molecule has 0 amide bonds. The lowest BCUT2D eigenvalue weighted by Gasteiger charge is -2.62. The molecule has 1 spiro atoms. The zero-order chi connectivity index (χ0) is 44.4. The Morgan fingerprint density at radius 2 is 1.26 bits per heavy atom. The van der Waals surface area contributed by atoms with E-state index in [1.165, 1.54) is 13.8 Å². The van der Waals surface area contributed by atoms with Gasteiger partial charge in [-0.25, -0.2) is 0 Å². The summed E-state index contributed by atoms with van der Waals surface area (Å²) < 4.78 is 49.9. The minimum Gasteiger partial charge on any atom is -0.394 e. The lowest BCUT2D eigenvalue weighted by Crippen LogP contribution is -2.67. The van der Waals surface area contributed by atoms with Crippen LogP contribution in [0.25, 0.3) is 0 Å². The van der Waals surface area contributed by atoms with Gasteiger partial charge < -0.3 is 83.9 Å². The molecule has 5 saturated heterocycles. The number of rotatable bonds is 7. The Bertz CT molecular complexity index is 1570. The third-order valence-electron chi connectivity index (χ3n) is 18.2. The monoisotopic (exact) mass is 886 g/mol. The van der Waals surface area contributed by atoms with Crippen LogP contribution in [-0.4, -0.2) is 175 Å². The van der Waals surface area contributed by atoms with E-state index < -0.39 is 117 Å². The topological polar surface area (TPSA) is 256 Å². The summed E-state index contributed by atoms with van der Waals surface area (Å²) in [6.07, 6.45) is -15.4. The van der Waals surface area contributed by atoms with Gasteiger partial charge in [-0.2, -0.15) is 0 Å². The number of aliphatic hydroxyl groups is 9. The highest BCUT2D eigenvalue weighted by atomic mass is 16.8. The summed E-state index contributed by atoms with van der Waals surface area (Å²) in [6.45, 7) is 12.5. The van der Waals surface area contributed by atoms with E-state index in [1.54, 1.807) is 0 Å². The highest BCUT2D eigenvalue weighted by Gasteiger charge is 2.69. The standard InChI is InChI=1S/C45H74O17/c1-18-9-12-45(55-17-18)19(2)30-28(62-45)14-25-23-8-7-22-13-27(26(47)15-44(22,6)24(23)10-11-43(25,30)5)58-42-39(61-41-36(53)34(51)32(49)21(4)57-41)37(54)38(29(16-46)59-42)60-40-35(52)33(50)31(48)20(3)56-40/h18-42,46-54H,7-17H2,1-6H3/t18-,19+,20-,21-,22+,23-,24+,25+,26-,27-,28+,29-,30+,31-,32-,33+,34+,35+,36+,37+,38-,39-,40-,41-,42-,43+,44+,45-/m1/s1. The van der Waals surface area contributed by atoms with Crippen LogP contribution in [0.4, 0.5) is 0 Å². The van der Waals surface area contributed by atoms with Crippen molar-refractivity contribution in [2.75, 3.05) is 13.2 Å². The summed E-state index contributed by atoms with van der Waals surface area (Å²) in [4.78, 5) is 0. The van der Waals surface area contributed by atoms with Crippen molar-refractivity contribution in [1.82, 2.24) is 0 Å². The van der Waals surface area contributed by atoms with E-state index in [2.05, 4.69) is 27.7 Å². The van der Waals surface area contributed by atoms with Crippen molar-refractivity contribution in [3.8, 4) is 0 Å². The van der Waals surface area contributed by atoms with E-state index in [4.69, 9.17) is 37.9 Å². The number of ether oxygens (including phenoxy) is 8. The summed E-state index contributed by atoms with van der Waals surface area (Å²) in [5.74, 6) is 2.55. The van der Waals surface area contributed by atoms with Crippen molar-refractivity contribution in [3.05, 3.63) is 0 Å². The van der Waals surface area contributed by atoms with Gasteiger partial charge in [0.1, 0.15) is 61.0 Å².